The van der Waals surface area contributed by atoms with E-state index in [-0.39, 0.29) is 29.7 Å². The third kappa shape index (κ3) is 2.26. The van der Waals surface area contributed by atoms with Crippen molar-refractivity contribution in [1.29, 1.82) is 0 Å². The fourth-order valence-electron chi connectivity index (χ4n) is 7.77. The van der Waals surface area contributed by atoms with E-state index >= 15 is 0 Å². The largest absolute Gasteiger partial charge is 0.462 e. The Morgan fingerprint density at radius 1 is 1.27 bits per heavy atom. The van der Waals surface area contributed by atoms with E-state index < -0.39 is 41.3 Å². The van der Waals surface area contributed by atoms with Crippen LogP contribution in [0.1, 0.15) is 46.5 Å². The lowest BCUT2D eigenvalue weighted by Gasteiger charge is -2.57. The summed E-state index contributed by atoms with van der Waals surface area (Å²) in [6, 6.07) is 0. The topological polar surface area (TPSA) is 113 Å². The first-order chi connectivity index (χ1) is 14.2. The number of esters is 2. The molecule has 1 heterocycles. The van der Waals surface area contributed by atoms with Crippen molar-refractivity contribution in [2.45, 2.75) is 77.0 Å². The maximum Gasteiger partial charge on any atom is 0.317 e. The average Bonchev–Trinajstić information content (AvgIpc) is 3.13. The summed E-state index contributed by atoms with van der Waals surface area (Å²) in [6.45, 7) is 5.36. The summed E-state index contributed by atoms with van der Waals surface area (Å²) in [6.07, 6.45) is 1.82. The normalized spacial score (nSPS) is 52.8. The SMILES string of the molecule is C/C=C1\[C@@H](O)C[C@H]2[C@@H]3CC=C4[C@@H](O)[C@@H](O)[C@@H]5C[C@]4(C(=O)O5)[C@H]3C[C@@H](OC(C)=O)[C@]12C. The van der Waals surface area contributed by atoms with Crippen LogP contribution in [0.5, 0.6) is 0 Å². The number of carbonyl (C=O) groups is 2. The molecule has 0 radical (unpaired) electrons. The van der Waals surface area contributed by atoms with Gasteiger partial charge in [-0.25, -0.2) is 0 Å². The van der Waals surface area contributed by atoms with E-state index in [1.165, 1.54) is 6.92 Å². The van der Waals surface area contributed by atoms with Gasteiger partial charge in [0.05, 0.1) is 11.5 Å². The Morgan fingerprint density at radius 3 is 2.67 bits per heavy atom. The lowest BCUT2D eigenvalue weighted by atomic mass is 9.46. The van der Waals surface area contributed by atoms with Gasteiger partial charge in [-0.15, -0.1) is 0 Å². The zero-order valence-electron chi connectivity index (χ0n) is 17.6. The fraction of sp³-hybridized carbons (Fsp3) is 0.739. The van der Waals surface area contributed by atoms with Gasteiger partial charge in [0.1, 0.15) is 24.4 Å². The predicted octanol–water partition coefficient (Wildman–Crippen LogP) is 1.25. The van der Waals surface area contributed by atoms with E-state index in [1.54, 1.807) is 0 Å². The minimum atomic E-state index is -1.13. The van der Waals surface area contributed by atoms with E-state index in [4.69, 9.17) is 9.47 Å². The van der Waals surface area contributed by atoms with Crippen LogP contribution in [0.3, 0.4) is 0 Å². The van der Waals surface area contributed by atoms with Gasteiger partial charge in [-0.3, -0.25) is 9.59 Å². The molecule has 0 amide bonds. The molecule has 0 aromatic rings. The summed E-state index contributed by atoms with van der Waals surface area (Å²) in [5, 5.41) is 32.0. The molecule has 0 aromatic carbocycles. The van der Waals surface area contributed by atoms with E-state index in [2.05, 4.69) is 6.92 Å². The first-order valence-corrected chi connectivity index (χ1v) is 11.0. The second-order valence-corrected chi connectivity index (χ2v) is 9.94. The standard InChI is InChI=1S/C23H30O7/c1-4-12-16(25)7-14-11-5-6-13-19(26)20(27)17-9-23(13,21(28)30-17)15(11)8-18(22(12,14)3)29-10(2)24/h4,6,11,14-20,25-27H,5,7-9H2,1-3H3/b12-4+/t11-,14-,15-,16-,17-,18+,19+,20-,22+,23+/m0/s1. The molecule has 3 saturated carbocycles. The predicted molar refractivity (Wildman–Crippen MR) is 105 cm³/mol. The smallest absolute Gasteiger partial charge is 0.317 e. The second kappa shape index (κ2) is 6.40. The van der Waals surface area contributed by atoms with Crippen LogP contribution in [0, 0.1) is 28.6 Å². The Bertz CT molecular complexity index is 862. The highest BCUT2D eigenvalue weighted by atomic mass is 16.6. The van der Waals surface area contributed by atoms with Gasteiger partial charge in [0, 0.05) is 18.8 Å². The molecular weight excluding hydrogens is 388 g/mol. The van der Waals surface area contributed by atoms with E-state index in [0.717, 1.165) is 5.57 Å². The third-order valence-electron chi connectivity index (χ3n) is 8.95. The summed E-state index contributed by atoms with van der Waals surface area (Å²) in [5.41, 5.74) is -0.0340. The highest BCUT2D eigenvalue weighted by molar-refractivity contribution is 5.85. The molecule has 164 valence electrons. The Labute approximate surface area is 175 Å². The van der Waals surface area contributed by atoms with E-state index in [0.29, 0.717) is 31.3 Å². The maximum atomic E-state index is 13.2. The van der Waals surface area contributed by atoms with Gasteiger partial charge in [-0.1, -0.05) is 19.1 Å². The summed E-state index contributed by atoms with van der Waals surface area (Å²) in [4.78, 5) is 25.2. The Morgan fingerprint density at radius 2 is 2.00 bits per heavy atom. The van der Waals surface area contributed by atoms with Gasteiger partial charge in [0.15, 0.2) is 0 Å². The molecule has 30 heavy (non-hydrogen) atoms. The molecule has 7 nitrogen and oxygen atoms in total. The van der Waals surface area contributed by atoms with Gasteiger partial charge in [-0.2, -0.15) is 0 Å². The minimum absolute atomic E-state index is 0.0322. The highest BCUT2D eigenvalue weighted by Gasteiger charge is 2.71. The van der Waals surface area contributed by atoms with E-state index in [1.807, 2.05) is 19.1 Å². The number of allylic oxidation sites excluding steroid dienone is 2. The first-order valence-electron chi connectivity index (χ1n) is 11.0. The molecule has 3 N–H and O–H groups in total. The Balaban J connectivity index is 1.64. The molecule has 5 rings (SSSR count). The van der Waals surface area contributed by atoms with Gasteiger partial charge < -0.3 is 24.8 Å². The van der Waals surface area contributed by atoms with Crippen molar-refractivity contribution in [3.63, 3.8) is 0 Å². The van der Waals surface area contributed by atoms with Crippen molar-refractivity contribution in [2.75, 3.05) is 0 Å². The molecule has 7 heteroatoms. The number of hydrogen-bond acceptors (Lipinski definition) is 7. The maximum absolute atomic E-state index is 13.2. The van der Waals surface area contributed by atoms with Crippen LogP contribution < -0.4 is 0 Å². The number of rotatable bonds is 1. The van der Waals surface area contributed by atoms with Crippen molar-refractivity contribution in [2.24, 2.45) is 28.6 Å². The van der Waals surface area contributed by atoms with Crippen molar-refractivity contribution in [3.8, 4) is 0 Å². The molecule has 0 unspecified atom stereocenters. The third-order valence-corrected chi connectivity index (χ3v) is 8.95. The number of aliphatic hydroxyl groups excluding tert-OH is 3. The van der Waals surface area contributed by atoms with Crippen molar-refractivity contribution in [1.82, 2.24) is 0 Å². The lowest BCUT2D eigenvalue weighted by Crippen LogP contribution is -2.59. The van der Waals surface area contributed by atoms with Crippen molar-refractivity contribution >= 4 is 11.9 Å². The van der Waals surface area contributed by atoms with Crippen molar-refractivity contribution < 1.29 is 34.4 Å². The zero-order valence-corrected chi connectivity index (χ0v) is 17.6. The van der Waals surface area contributed by atoms with Gasteiger partial charge in [0.25, 0.3) is 0 Å². The Kier molecular flexibility index (Phi) is 4.32. The minimum Gasteiger partial charge on any atom is -0.462 e. The summed E-state index contributed by atoms with van der Waals surface area (Å²) in [7, 11) is 0. The summed E-state index contributed by atoms with van der Waals surface area (Å²) in [5.74, 6) is -0.830. The molecular formula is C23H30O7. The molecule has 5 aliphatic rings. The van der Waals surface area contributed by atoms with Crippen LogP contribution in [-0.4, -0.2) is 57.8 Å². The molecule has 1 saturated heterocycles. The Hall–Kier alpha value is -1.70. The number of hydrogen-bond donors (Lipinski definition) is 3. The second-order valence-electron chi connectivity index (χ2n) is 9.94. The van der Waals surface area contributed by atoms with Crippen LogP contribution in [-0.2, 0) is 19.1 Å². The molecule has 4 aliphatic carbocycles. The van der Waals surface area contributed by atoms with Gasteiger partial charge in [-0.05, 0) is 55.1 Å². The van der Waals surface area contributed by atoms with Crippen LogP contribution in [0.15, 0.2) is 23.3 Å². The quantitative estimate of drug-likeness (QED) is 0.434. The lowest BCUT2D eigenvalue weighted by molar-refractivity contribution is -0.170. The highest BCUT2D eigenvalue weighted by Crippen LogP contribution is 2.68. The molecule has 0 aromatic heterocycles. The monoisotopic (exact) mass is 418 g/mol. The first kappa shape index (κ1) is 20.2. The fourth-order valence-corrected chi connectivity index (χ4v) is 7.77. The molecule has 1 aliphatic heterocycles. The molecule has 2 bridgehead atoms. The van der Waals surface area contributed by atoms with Crippen LogP contribution in [0.25, 0.3) is 0 Å². The van der Waals surface area contributed by atoms with Gasteiger partial charge >= 0.3 is 11.9 Å². The van der Waals surface area contributed by atoms with Crippen LogP contribution in [0.2, 0.25) is 0 Å². The van der Waals surface area contributed by atoms with E-state index in [9.17, 15) is 24.9 Å². The zero-order chi connectivity index (χ0) is 21.6. The van der Waals surface area contributed by atoms with Crippen LogP contribution in [0.4, 0.5) is 0 Å². The van der Waals surface area contributed by atoms with Crippen LogP contribution >= 0.6 is 0 Å². The van der Waals surface area contributed by atoms with Gasteiger partial charge in [0.2, 0.25) is 0 Å². The summed E-state index contributed by atoms with van der Waals surface area (Å²) < 4.78 is 11.4. The number of ether oxygens (including phenoxy) is 2. The summed E-state index contributed by atoms with van der Waals surface area (Å²) >= 11 is 0. The number of fused-ring (bicyclic) bond motifs is 4. The number of carbonyl (C=O) groups excluding carboxylic acids is 2. The molecule has 4 fully saturated rings. The number of aliphatic hydroxyl groups is 3. The van der Waals surface area contributed by atoms with Crippen molar-refractivity contribution in [3.05, 3.63) is 23.3 Å². The molecule has 1 spiro atoms. The molecule has 10 atom stereocenters. The average molecular weight is 418 g/mol.